The predicted molar refractivity (Wildman–Crippen MR) is 211 cm³/mol. The average molecular weight is 781 g/mol. The predicted octanol–water partition coefficient (Wildman–Crippen LogP) is 11.7. The van der Waals surface area contributed by atoms with Crippen molar-refractivity contribution in [3.63, 3.8) is 0 Å². The summed E-state index contributed by atoms with van der Waals surface area (Å²) in [7, 11) is -0.515. The number of nitrogens with one attached hydrogen (secondary N) is 2. The van der Waals surface area contributed by atoms with Gasteiger partial charge >= 0.3 is 18.3 Å². The molecule has 56 heavy (non-hydrogen) atoms. The van der Waals surface area contributed by atoms with Crippen LogP contribution in [0.25, 0.3) is 68.6 Å². The summed E-state index contributed by atoms with van der Waals surface area (Å²) < 4.78 is 95.4. The number of methoxy groups -OCH3 is 1. The molecule has 0 amide bonds. The largest absolute Gasteiger partial charge is 0.465 e. The fraction of sp³-hybridized carbons (Fsp3) is 0.186. The summed E-state index contributed by atoms with van der Waals surface area (Å²) in [4.78, 5) is 26.9. The van der Waals surface area contributed by atoms with E-state index in [0.29, 0.717) is 22.3 Å². The third-order valence-electron chi connectivity index (χ3n) is 9.28. The summed E-state index contributed by atoms with van der Waals surface area (Å²) in [6, 6.07) is 15.0. The van der Waals surface area contributed by atoms with Crippen molar-refractivity contribution >= 4 is 60.4 Å². The maximum atomic E-state index is 15.1. The maximum absolute atomic E-state index is 15.1. The summed E-state index contributed by atoms with van der Waals surface area (Å²) in [6.07, 6.45) is -4.40. The van der Waals surface area contributed by atoms with Crippen LogP contribution in [0.4, 0.5) is 26.3 Å². The first-order valence-electron chi connectivity index (χ1n) is 17.5. The van der Waals surface area contributed by atoms with Crippen LogP contribution in [-0.4, -0.2) is 41.1 Å². The van der Waals surface area contributed by atoms with E-state index in [4.69, 9.17) is 4.74 Å². The second kappa shape index (κ2) is 13.9. The van der Waals surface area contributed by atoms with Crippen LogP contribution in [0.5, 0.6) is 0 Å². The highest BCUT2D eigenvalue weighted by Gasteiger charge is 2.38. The van der Waals surface area contributed by atoms with Crippen LogP contribution in [0.1, 0.15) is 61.0 Å². The number of nitrogens with zero attached hydrogens (tertiary/aromatic N) is 2. The van der Waals surface area contributed by atoms with Crippen molar-refractivity contribution in [2.75, 3.05) is 7.11 Å². The molecule has 2 aliphatic rings. The van der Waals surface area contributed by atoms with Crippen LogP contribution < -0.4 is 0 Å². The van der Waals surface area contributed by atoms with Gasteiger partial charge < -0.3 is 14.7 Å². The lowest BCUT2D eigenvalue weighted by atomic mass is 9.91. The number of alkyl halides is 6. The van der Waals surface area contributed by atoms with Gasteiger partial charge in [0.25, 0.3) is 0 Å². The first-order chi connectivity index (χ1) is 26.3. The first-order valence-corrected chi connectivity index (χ1v) is 21.0. The first kappa shape index (κ1) is 38.2. The van der Waals surface area contributed by atoms with E-state index in [2.05, 4.69) is 51.0 Å². The molecule has 7 rings (SSSR count). The summed E-state index contributed by atoms with van der Waals surface area (Å²) in [5.74, 6) is 2.62. The van der Waals surface area contributed by atoms with Crippen molar-refractivity contribution in [3.05, 3.63) is 117 Å². The van der Waals surface area contributed by atoms with E-state index in [0.717, 1.165) is 5.56 Å². The number of fused-ring (bicyclic) bond motifs is 8. The number of halogens is 6. The van der Waals surface area contributed by atoms with Gasteiger partial charge in [-0.1, -0.05) is 37.7 Å². The molecule has 5 heterocycles. The number of aromatic nitrogens is 4. The Bertz CT molecular complexity index is 2600. The van der Waals surface area contributed by atoms with Gasteiger partial charge in [-0.05, 0) is 109 Å². The van der Waals surface area contributed by atoms with E-state index in [9.17, 15) is 4.79 Å². The SMILES string of the molecule is COC(=O)c1ccc(-c2c3ccc([nH]3)c(C(F)(F)F)c3nc(c(-c4c(C)cc(C#C[Si](C)(C)C)cc4C)c4nc(c(C(F)(F)F)c5ccc2[nH]5)C=C4)C=C3)cc1. The molecular weight excluding hydrogens is 747 g/mol. The van der Waals surface area contributed by atoms with Crippen molar-refractivity contribution in [3.8, 4) is 33.7 Å². The minimum absolute atomic E-state index is 0.103. The Balaban J connectivity index is 1.63. The number of H-pyrrole nitrogens is 2. The molecule has 0 atom stereocenters. The monoisotopic (exact) mass is 780 g/mol. The number of benzene rings is 2. The molecule has 13 heteroatoms. The van der Waals surface area contributed by atoms with Gasteiger partial charge in [-0.3, -0.25) is 0 Å². The third-order valence-corrected chi connectivity index (χ3v) is 10.2. The van der Waals surface area contributed by atoms with Crippen molar-refractivity contribution < 1.29 is 35.9 Å². The summed E-state index contributed by atoms with van der Waals surface area (Å²) in [5, 5.41) is 0. The van der Waals surface area contributed by atoms with Gasteiger partial charge in [0.1, 0.15) is 19.2 Å². The number of esters is 1. The van der Waals surface area contributed by atoms with Crippen LogP contribution in [0, 0.1) is 25.3 Å². The molecule has 0 unspecified atom stereocenters. The standard InChI is InChI=1S/C43H34F6N4O2Si/c1-23-21-25(19-20-56(4,5)6)22-24(2)36(23)38-30-13-17-34(52-30)39(42(44,45)46)32-15-11-28(50-32)37(26-7-9-27(10-8-26)41(54)55-3)29-12-16-33(51-29)40(43(47,48)49)35-18-14-31(38)53-35/h7-18,21-22,50-51H,1-6H3. The molecule has 2 aliphatic heterocycles. The molecule has 8 bridgehead atoms. The third kappa shape index (κ3) is 7.32. The molecular formula is C43H34F6N4O2Si. The second-order valence-electron chi connectivity index (χ2n) is 14.6. The van der Waals surface area contributed by atoms with Crippen LogP contribution >= 0.6 is 0 Å². The van der Waals surface area contributed by atoms with Gasteiger partial charge in [0, 0.05) is 27.7 Å². The van der Waals surface area contributed by atoms with Gasteiger partial charge in [0.05, 0.1) is 46.5 Å². The van der Waals surface area contributed by atoms with Crippen LogP contribution in [0.3, 0.4) is 0 Å². The number of aryl methyl sites for hydroxylation is 2. The Labute approximate surface area is 319 Å². The molecule has 0 aliphatic carbocycles. The zero-order valence-electron chi connectivity index (χ0n) is 31.1. The molecule has 2 N–H and O–H groups in total. The van der Waals surface area contributed by atoms with Crippen molar-refractivity contribution in [1.82, 2.24) is 19.9 Å². The van der Waals surface area contributed by atoms with Gasteiger partial charge in [-0.15, -0.1) is 5.54 Å². The number of carbonyl (C=O) groups is 1. The van der Waals surface area contributed by atoms with E-state index < -0.39 is 37.5 Å². The zero-order chi connectivity index (χ0) is 40.3. The van der Waals surface area contributed by atoms with Crippen molar-refractivity contribution in [2.45, 2.75) is 45.8 Å². The summed E-state index contributed by atoms with van der Waals surface area (Å²) >= 11 is 0. The molecule has 3 aromatic heterocycles. The maximum Gasteiger partial charge on any atom is 0.420 e. The fourth-order valence-electron chi connectivity index (χ4n) is 6.95. The fourth-order valence-corrected chi connectivity index (χ4v) is 7.47. The quantitative estimate of drug-likeness (QED) is 0.0809. The van der Waals surface area contributed by atoms with Gasteiger partial charge in [0.15, 0.2) is 0 Å². The lowest BCUT2D eigenvalue weighted by molar-refractivity contribution is -0.137. The van der Waals surface area contributed by atoms with Crippen molar-refractivity contribution in [1.29, 1.82) is 0 Å². The van der Waals surface area contributed by atoms with Crippen LogP contribution in [0.2, 0.25) is 19.6 Å². The number of hydrogen-bond acceptors (Lipinski definition) is 4. The second-order valence-corrected chi connectivity index (χ2v) is 19.3. The van der Waals surface area contributed by atoms with Gasteiger partial charge in [-0.25, -0.2) is 14.8 Å². The molecule has 0 radical (unpaired) electrons. The van der Waals surface area contributed by atoms with E-state index in [1.807, 2.05) is 26.0 Å². The lowest BCUT2D eigenvalue weighted by Gasteiger charge is -2.14. The number of rotatable bonds is 3. The molecule has 284 valence electrons. The minimum atomic E-state index is -4.88. The highest BCUT2D eigenvalue weighted by Crippen LogP contribution is 2.42. The molecule has 0 spiro atoms. The summed E-state index contributed by atoms with van der Waals surface area (Å²) in [6.45, 7) is 9.98. The molecule has 2 aromatic carbocycles. The molecule has 0 fully saturated rings. The summed E-state index contributed by atoms with van der Waals surface area (Å²) in [5.41, 5.74) is 4.24. The highest BCUT2D eigenvalue weighted by atomic mass is 28.3. The number of hydrogen-bond donors (Lipinski definition) is 2. The number of aromatic amines is 2. The van der Waals surface area contributed by atoms with E-state index in [1.54, 1.807) is 0 Å². The molecule has 5 aromatic rings. The van der Waals surface area contributed by atoms with E-state index in [1.165, 1.54) is 79.9 Å². The Hall–Kier alpha value is -6.13. The zero-order valence-corrected chi connectivity index (χ0v) is 32.1. The van der Waals surface area contributed by atoms with Crippen LogP contribution in [0.15, 0.2) is 60.7 Å². The average Bonchev–Trinajstić information content (AvgIpc) is 3.94. The molecule has 0 saturated carbocycles. The Morgan fingerprint density at radius 3 is 1.52 bits per heavy atom. The number of ether oxygens (including phenoxy) is 1. The highest BCUT2D eigenvalue weighted by molar-refractivity contribution is 6.83. The molecule has 0 saturated heterocycles. The van der Waals surface area contributed by atoms with Crippen molar-refractivity contribution in [2.24, 2.45) is 0 Å². The van der Waals surface area contributed by atoms with Gasteiger partial charge in [-0.2, -0.15) is 26.3 Å². The normalized spacial score (nSPS) is 12.8. The van der Waals surface area contributed by atoms with E-state index >= 15 is 26.3 Å². The number of carbonyl (C=O) groups excluding carboxylic acids is 1. The Morgan fingerprint density at radius 1 is 0.643 bits per heavy atom. The Kier molecular flexibility index (Phi) is 9.45. The smallest absolute Gasteiger partial charge is 0.420 e. The molecule has 6 nitrogen and oxygen atoms in total. The lowest BCUT2D eigenvalue weighted by Crippen LogP contribution is -2.16. The Morgan fingerprint density at radius 2 is 1.09 bits per heavy atom. The van der Waals surface area contributed by atoms with Crippen LogP contribution in [-0.2, 0) is 17.1 Å². The topological polar surface area (TPSA) is 83.7 Å². The van der Waals surface area contributed by atoms with Gasteiger partial charge in [0.2, 0.25) is 0 Å². The minimum Gasteiger partial charge on any atom is -0.465 e. The van der Waals surface area contributed by atoms with E-state index in [-0.39, 0.29) is 61.5 Å².